The lowest BCUT2D eigenvalue weighted by Gasteiger charge is -2.09. The predicted molar refractivity (Wildman–Crippen MR) is 78.6 cm³/mol. The van der Waals surface area contributed by atoms with E-state index in [1.165, 1.54) is 44.6 Å². The summed E-state index contributed by atoms with van der Waals surface area (Å²) in [6, 6.07) is 7.20. The molecule has 1 amide bonds. The number of ether oxygens (including phenoxy) is 1. The van der Waals surface area contributed by atoms with Gasteiger partial charge in [-0.25, -0.2) is 9.18 Å². The van der Waals surface area contributed by atoms with E-state index in [4.69, 9.17) is 0 Å². The third-order valence-corrected chi connectivity index (χ3v) is 2.88. The lowest BCUT2D eigenvalue weighted by atomic mass is 10.2. The van der Waals surface area contributed by atoms with Gasteiger partial charge in [0.2, 0.25) is 0 Å². The van der Waals surface area contributed by atoms with Crippen LogP contribution in [-0.2, 0) is 4.74 Å². The van der Waals surface area contributed by atoms with Crippen LogP contribution in [0.4, 0.5) is 15.8 Å². The van der Waals surface area contributed by atoms with E-state index in [9.17, 15) is 14.0 Å². The van der Waals surface area contributed by atoms with E-state index in [0.29, 0.717) is 11.4 Å². The van der Waals surface area contributed by atoms with Gasteiger partial charge in [0.1, 0.15) is 11.5 Å². The Labute approximate surface area is 126 Å². The Morgan fingerprint density at radius 2 is 1.91 bits per heavy atom. The van der Waals surface area contributed by atoms with Crippen LogP contribution in [0.3, 0.4) is 0 Å². The highest BCUT2D eigenvalue weighted by Gasteiger charge is 2.12. The second-order valence-corrected chi connectivity index (χ2v) is 4.32. The quantitative estimate of drug-likeness (QED) is 0.846. The molecule has 0 saturated carbocycles. The second kappa shape index (κ2) is 6.66. The second-order valence-electron chi connectivity index (χ2n) is 4.32. The number of esters is 1. The minimum atomic E-state index is -0.741. The van der Waals surface area contributed by atoms with Crippen molar-refractivity contribution in [2.75, 3.05) is 19.5 Å². The van der Waals surface area contributed by atoms with Gasteiger partial charge in [-0.3, -0.25) is 9.78 Å². The molecule has 0 radical (unpaired) electrons. The molecule has 1 aromatic heterocycles. The van der Waals surface area contributed by atoms with Crippen molar-refractivity contribution >= 4 is 23.3 Å². The number of benzene rings is 1. The molecule has 0 aliphatic rings. The Bertz CT molecular complexity index is 719. The van der Waals surface area contributed by atoms with Gasteiger partial charge in [0.15, 0.2) is 0 Å². The smallest absolute Gasteiger partial charge is 0.340 e. The number of methoxy groups -OCH3 is 1. The maximum absolute atomic E-state index is 13.8. The minimum Gasteiger partial charge on any atom is -0.465 e. The van der Waals surface area contributed by atoms with Crippen LogP contribution in [0.15, 0.2) is 36.5 Å². The van der Waals surface area contributed by atoms with Crippen molar-refractivity contribution in [1.82, 2.24) is 10.3 Å². The molecule has 0 unspecified atom stereocenters. The molecule has 2 aromatic rings. The van der Waals surface area contributed by atoms with E-state index in [1.54, 1.807) is 6.07 Å². The number of nitrogens with one attached hydrogen (secondary N) is 2. The molecule has 0 bridgehead atoms. The summed E-state index contributed by atoms with van der Waals surface area (Å²) in [6.07, 6.45) is 1.46. The monoisotopic (exact) mass is 303 g/mol. The summed E-state index contributed by atoms with van der Waals surface area (Å²) in [7, 11) is 2.69. The van der Waals surface area contributed by atoms with Gasteiger partial charge >= 0.3 is 5.97 Å². The summed E-state index contributed by atoms with van der Waals surface area (Å²) >= 11 is 0. The van der Waals surface area contributed by atoms with E-state index >= 15 is 0 Å². The number of carbonyl (C=O) groups is 2. The molecule has 0 saturated heterocycles. The fourth-order valence-corrected chi connectivity index (χ4v) is 1.80. The van der Waals surface area contributed by atoms with E-state index in [1.807, 2.05) is 0 Å². The number of amides is 1. The van der Waals surface area contributed by atoms with Gasteiger partial charge in [-0.05, 0) is 30.3 Å². The molecular weight excluding hydrogens is 289 g/mol. The topological polar surface area (TPSA) is 80.3 Å². The van der Waals surface area contributed by atoms with Crippen molar-refractivity contribution in [3.63, 3.8) is 0 Å². The molecular formula is C15H14FN3O3. The first kappa shape index (κ1) is 15.4. The third kappa shape index (κ3) is 3.38. The highest BCUT2D eigenvalue weighted by molar-refractivity contribution is 5.93. The summed E-state index contributed by atoms with van der Waals surface area (Å²) in [5.41, 5.74) is 1.09. The average molecular weight is 303 g/mol. The van der Waals surface area contributed by atoms with Gasteiger partial charge in [-0.2, -0.15) is 0 Å². The Balaban J connectivity index is 2.23. The molecule has 0 fully saturated rings. The lowest BCUT2D eigenvalue weighted by Crippen LogP contribution is -2.19. The minimum absolute atomic E-state index is 0.145. The van der Waals surface area contributed by atoms with E-state index in [-0.39, 0.29) is 17.2 Å². The van der Waals surface area contributed by atoms with Gasteiger partial charge < -0.3 is 15.4 Å². The van der Waals surface area contributed by atoms with Crippen LogP contribution >= 0.6 is 0 Å². The highest BCUT2D eigenvalue weighted by atomic mass is 19.1. The summed E-state index contributed by atoms with van der Waals surface area (Å²) < 4.78 is 18.3. The van der Waals surface area contributed by atoms with Gasteiger partial charge in [-0.1, -0.05) is 0 Å². The maximum Gasteiger partial charge on any atom is 0.340 e. The van der Waals surface area contributed by atoms with Gasteiger partial charge in [0.25, 0.3) is 5.91 Å². The molecule has 0 aliphatic heterocycles. The molecule has 1 aromatic carbocycles. The number of hydrogen-bond donors (Lipinski definition) is 2. The van der Waals surface area contributed by atoms with Crippen molar-refractivity contribution in [3.8, 4) is 0 Å². The van der Waals surface area contributed by atoms with Crippen LogP contribution in [0, 0.1) is 5.82 Å². The number of pyridine rings is 1. The lowest BCUT2D eigenvalue weighted by molar-refractivity contribution is 0.0595. The van der Waals surface area contributed by atoms with Gasteiger partial charge in [0, 0.05) is 24.6 Å². The van der Waals surface area contributed by atoms with Crippen LogP contribution in [0.25, 0.3) is 0 Å². The zero-order valence-corrected chi connectivity index (χ0v) is 12.0. The van der Waals surface area contributed by atoms with Crippen LogP contribution in [-0.4, -0.2) is 31.0 Å². The van der Waals surface area contributed by atoms with Crippen molar-refractivity contribution in [1.29, 1.82) is 0 Å². The van der Waals surface area contributed by atoms with E-state index in [0.717, 1.165) is 0 Å². The first-order valence-electron chi connectivity index (χ1n) is 6.38. The molecule has 6 nitrogen and oxygen atoms in total. The molecule has 114 valence electrons. The molecule has 0 atom stereocenters. The molecule has 2 N–H and O–H groups in total. The Kier molecular flexibility index (Phi) is 4.67. The standard InChI is InChI=1S/C15H14FN3O3/c1-17-14(20)13-8-10(5-6-18-13)19-9-3-4-11(12(16)7-9)15(21)22-2/h3-8H,1-2H3,(H,17,20)(H,18,19). The van der Waals surface area contributed by atoms with Crippen molar-refractivity contribution < 1.29 is 18.7 Å². The number of carbonyl (C=O) groups excluding carboxylic acids is 2. The number of halogens is 1. The Morgan fingerprint density at radius 3 is 2.55 bits per heavy atom. The van der Waals surface area contributed by atoms with Crippen LogP contribution < -0.4 is 10.6 Å². The number of aromatic nitrogens is 1. The number of hydrogen-bond acceptors (Lipinski definition) is 5. The van der Waals surface area contributed by atoms with Crippen molar-refractivity contribution in [2.45, 2.75) is 0 Å². The van der Waals surface area contributed by atoms with Crippen LogP contribution in [0.5, 0.6) is 0 Å². The largest absolute Gasteiger partial charge is 0.465 e. The maximum atomic E-state index is 13.8. The highest BCUT2D eigenvalue weighted by Crippen LogP contribution is 2.20. The van der Waals surface area contributed by atoms with Crippen LogP contribution in [0.2, 0.25) is 0 Å². The Hall–Kier alpha value is -2.96. The van der Waals surface area contributed by atoms with Crippen molar-refractivity contribution in [3.05, 3.63) is 53.6 Å². The van der Waals surface area contributed by atoms with Crippen molar-refractivity contribution in [2.24, 2.45) is 0 Å². The van der Waals surface area contributed by atoms with Gasteiger partial charge in [-0.15, -0.1) is 0 Å². The first-order valence-corrected chi connectivity index (χ1v) is 6.38. The first-order chi connectivity index (χ1) is 10.5. The fraction of sp³-hybridized carbons (Fsp3) is 0.133. The molecule has 1 heterocycles. The third-order valence-electron chi connectivity index (χ3n) is 2.88. The zero-order valence-electron chi connectivity index (χ0n) is 12.0. The zero-order chi connectivity index (χ0) is 16.1. The molecule has 22 heavy (non-hydrogen) atoms. The average Bonchev–Trinajstić information content (AvgIpc) is 2.53. The molecule has 0 aliphatic carbocycles. The SMILES string of the molecule is CNC(=O)c1cc(Nc2ccc(C(=O)OC)c(F)c2)ccn1. The van der Waals surface area contributed by atoms with E-state index in [2.05, 4.69) is 20.4 Å². The molecule has 0 spiro atoms. The predicted octanol–water partition coefficient (Wildman–Crippen LogP) is 2.11. The number of rotatable bonds is 4. The number of nitrogens with zero attached hydrogens (tertiary/aromatic N) is 1. The summed E-state index contributed by atoms with van der Waals surface area (Å²) in [5.74, 6) is -1.76. The fourth-order valence-electron chi connectivity index (χ4n) is 1.80. The molecule has 2 rings (SSSR count). The Morgan fingerprint density at radius 1 is 1.18 bits per heavy atom. The summed E-state index contributed by atoms with van der Waals surface area (Å²) in [5, 5.41) is 5.40. The normalized spacial score (nSPS) is 9.95. The summed E-state index contributed by atoms with van der Waals surface area (Å²) in [6.45, 7) is 0. The van der Waals surface area contributed by atoms with Crippen LogP contribution in [0.1, 0.15) is 20.8 Å². The number of anilines is 2. The summed E-state index contributed by atoms with van der Waals surface area (Å²) in [4.78, 5) is 26.8. The van der Waals surface area contributed by atoms with Gasteiger partial charge in [0.05, 0.1) is 12.7 Å². The molecule has 7 heteroatoms. The van der Waals surface area contributed by atoms with E-state index < -0.39 is 11.8 Å².